The van der Waals surface area contributed by atoms with Gasteiger partial charge in [0.15, 0.2) is 23.0 Å². The van der Waals surface area contributed by atoms with Crippen molar-refractivity contribution in [2.45, 2.75) is 16.7 Å². The van der Waals surface area contributed by atoms with Gasteiger partial charge in [0.05, 0.1) is 22.4 Å². The van der Waals surface area contributed by atoms with Gasteiger partial charge in [-0.1, -0.05) is 200 Å². The third-order valence-electron chi connectivity index (χ3n) is 16.7. The van der Waals surface area contributed by atoms with E-state index in [0.717, 1.165) is 34.1 Å². The second-order valence-electron chi connectivity index (χ2n) is 19.8. The quantitative estimate of drug-likeness (QED) is 0.176. The Labute approximate surface area is 412 Å². The van der Waals surface area contributed by atoms with Crippen molar-refractivity contribution in [3.05, 3.63) is 305 Å². The first-order valence-corrected chi connectivity index (χ1v) is 24.8. The van der Waals surface area contributed by atoms with Crippen molar-refractivity contribution < 1.29 is 9.47 Å². The molecule has 10 aromatic carbocycles. The zero-order chi connectivity index (χ0) is 46.4. The molecule has 16 rings (SSSR count). The molecule has 0 saturated heterocycles. The molecule has 6 aliphatic rings. The molecule has 3 nitrogen and oxygen atoms in total. The van der Waals surface area contributed by atoms with E-state index in [1.807, 2.05) is 0 Å². The summed E-state index contributed by atoms with van der Waals surface area (Å²) >= 11 is 0. The maximum absolute atomic E-state index is 7.24. The number of benzene rings is 10. The fourth-order valence-electron chi connectivity index (χ4n) is 14.0. The summed E-state index contributed by atoms with van der Waals surface area (Å²) in [5.74, 6) is 3.08. The van der Waals surface area contributed by atoms with Gasteiger partial charge >= 0.3 is 0 Å². The van der Waals surface area contributed by atoms with Gasteiger partial charge in [-0.05, 0) is 138 Å². The van der Waals surface area contributed by atoms with Crippen molar-refractivity contribution in [2.75, 3.05) is 4.90 Å². The molecule has 5 aliphatic carbocycles. The lowest BCUT2D eigenvalue weighted by Gasteiger charge is -2.39. The monoisotopic (exact) mass is 905 g/mol. The maximum atomic E-state index is 7.24. The normalized spacial score (nSPS) is 17.6. The van der Waals surface area contributed by atoms with Crippen LogP contribution in [0.3, 0.4) is 0 Å². The number of rotatable bonds is 4. The number of hydrogen-bond donors (Lipinski definition) is 0. The van der Waals surface area contributed by atoms with E-state index in [1.165, 1.54) is 83.5 Å². The smallest absolute Gasteiger partial charge is 0.194 e. The molecule has 2 atom stereocenters. The van der Waals surface area contributed by atoms with Crippen molar-refractivity contribution in [2.24, 2.45) is 5.92 Å². The van der Waals surface area contributed by atoms with E-state index >= 15 is 0 Å². The number of ether oxygens (including phenoxy) is 2. The van der Waals surface area contributed by atoms with E-state index < -0.39 is 0 Å². The Hall–Kier alpha value is -8.92. The minimum atomic E-state index is -0.359. The second kappa shape index (κ2) is 14.3. The number of allylic oxidation sites excluding steroid dienone is 3. The summed E-state index contributed by atoms with van der Waals surface area (Å²) in [6, 6.07) is 87.0. The first kappa shape index (κ1) is 39.0. The fourth-order valence-corrected chi connectivity index (χ4v) is 14.0. The van der Waals surface area contributed by atoms with Gasteiger partial charge < -0.3 is 14.4 Å². The number of hydrogen-bond acceptors (Lipinski definition) is 3. The maximum Gasteiger partial charge on any atom is 0.194 e. The summed E-state index contributed by atoms with van der Waals surface area (Å²) in [6.07, 6.45) is 4.58. The Bertz CT molecular complexity index is 3880. The molecule has 332 valence electrons. The highest BCUT2D eigenvalue weighted by molar-refractivity contribution is 5.96. The summed E-state index contributed by atoms with van der Waals surface area (Å²) in [4.78, 5) is 2.29. The summed E-state index contributed by atoms with van der Waals surface area (Å²) in [5, 5.41) is 0. The fraction of sp³-hybridized carbons (Fsp3) is 0.0588. The zero-order valence-electron chi connectivity index (χ0n) is 38.6. The molecule has 10 aromatic rings. The minimum Gasteiger partial charge on any atom is -0.453 e. The lowest BCUT2D eigenvalue weighted by atomic mass is 9.65. The SMILES string of the molecule is C1=CC2C(C3=C1Oc1c(cccc1N(c1ccccc1)c1ccc(-c4ccc5c(c4)-c4ccccc4C54c5ccccc5-c5ccccc54)cc1)O3)c1ccccc1C21c2ccccc2-c2ccccc21. The van der Waals surface area contributed by atoms with Crippen LogP contribution in [0.5, 0.6) is 11.5 Å². The van der Waals surface area contributed by atoms with Gasteiger partial charge in [-0.3, -0.25) is 0 Å². The molecule has 0 N–H and O–H groups in total. The van der Waals surface area contributed by atoms with Crippen LogP contribution in [0.15, 0.2) is 260 Å². The van der Waals surface area contributed by atoms with Gasteiger partial charge in [-0.15, -0.1) is 0 Å². The van der Waals surface area contributed by atoms with Crippen molar-refractivity contribution in [3.8, 4) is 56.0 Å². The highest BCUT2D eigenvalue weighted by Crippen LogP contribution is 2.68. The molecule has 1 heterocycles. The van der Waals surface area contributed by atoms with Crippen LogP contribution < -0.4 is 14.4 Å². The minimum absolute atomic E-state index is 0.0389. The van der Waals surface area contributed by atoms with E-state index in [9.17, 15) is 0 Å². The Morgan fingerprint density at radius 3 is 1.54 bits per heavy atom. The Kier molecular flexibility index (Phi) is 7.86. The predicted molar refractivity (Wildman–Crippen MR) is 285 cm³/mol. The third-order valence-corrected chi connectivity index (χ3v) is 16.7. The molecule has 1 aliphatic heterocycles. The van der Waals surface area contributed by atoms with Crippen LogP contribution in [0.25, 0.3) is 44.5 Å². The highest BCUT2D eigenvalue weighted by Gasteiger charge is 2.60. The van der Waals surface area contributed by atoms with Crippen LogP contribution in [-0.2, 0) is 10.8 Å². The summed E-state index contributed by atoms with van der Waals surface area (Å²) in [6.45, 7) is 0. The van der Waals surface area contributed by atoms with Crippen molar-refractivity contribution in [1.82, 2.24) is 0 Å². The molecule has 0 saturated carbocycles. The number of anilines is 3. The molecule has 2 unspecified atom stereocenters. The number of nitrogens with zero attached hydrogens (tertiary/aromatic N) is 1. The number of para-hydroxylation sites is 2. The lowest BCUT2D eigenvalue weighted by Crippen LogP contribution is -2.35. The van der Waals surface area contributed by atoms with Gasteiger partial charge in [0, 0.05) is 17.3 Å². The van der Waals surface area contributed by atoms with Crippen LogP contribution >= 0.6 is 0 Å². The van der Waals surface area contributed by atoms with Crippen molar-refractivity contribution in [1.29, 1.82) is 0 Å². The van der Waals surface area contributed by atoms with Gasteiger partial charge in [0.25, 0.3) is 0 Å². The number of fused-ring (bicyclic) bond motifs is 22. The molecular weight excluding hydrogens is 863 g/mol. The van der Waals surface area contributed by atoms with E-state index in [4.69, 9.17) is 9.47 Å². The Morgan fingerprint density at radius 2 is 0.887 bits per heavy atom. The van der Waals surface area contributed by atoms with E-state index in [-0.39, 0.29) is 22.7 Å². The standard InChI is InChI=1S/C68H43NO2/c1-2-17-44(18-3-1)69(45-36-33-42(34-37-45)43-35-38-59-52(41-43)50-23-8-14-29-57(50)67(59)53-25-10-4-19-46(53)47-20-5-11-26-54(47)67)61-31-16-32-62-65(61)70-63-40-39-60-64(66(63)71-62)51-24-9-15-30-58(51)68(60)55-27-12-6-21-48(55)49-22-7-13-28-56(49)68/h1-41,60,64H. The van der Waals surface area contributed by atoms with Crippen molar-refractivity contribution >= 4 is 17.1 Å². The molecule has 3 heteroatoms. The molecule has 0 radical (unpaired) electrons. The van der Waals surface area contributed by atoms with E-state index in [2.05, 4.69) is 254 Å². The molecule has 0 fully saturated rings. The van der Waals surface area contributed by atoms with Crippen LogP contribution in [0.1, 0.15) is 50.4 Å². The van der Waals surface area contributed by atoms with Gasteiger partial charge in [-0.2, -0.15) is 0 Å². The van der Waals surface area contributed by atoms with Gasteiger partial charge in [0.1, 0.15) is 0 Å². The van der Waals surface area contributed by atoms with Gasteiger partial charge in [-0.25, -0.2) is 0 Å². The first-order chi connectivity index (χ1) is 35.2. The first-order valence-electron chi connectivity index (χ1n) is 24.8. The molecular formula is C68H43NO2. The molecule has 0 aromatic heterocycles. The van der Waals surface area contributed by atoms with E-state index in [1.54, 1.807) is 0 Å². The van der Waals surface area contributed by atoms with Crippen LogP contribution in [-0.4, -0.2) is 0 Å². The average Bonchev–Trinajstić information content (AvgIpc) is 4.12. The van der Waals surface area contributed by atoms with Crippen LogP contribution in [0.4, 0.5) is 17.1 Å². The van der Waals surface area contributed by atoms with E-state index in [0.29, 0.717) is 11.5 Å². The Balaban J connectivity index is 0.778. The molecule has 71 heavy (non-hydrogen) atoms. The highest BCUT2D eigenvalue weighted by atomic mass is 16.6. The molecule has 0 bridgehead atoms. The third kappa shape index (κ3) is 4.97. The largest absolute Gasteiger partial charge is 0.453 e. The average molecular weight is 906 g/mol. The lowest BCUT2D eigenvalue weighted by molar-refractivity contribution is 0.256. The van der Waals surface area contributed by atoms with Crippen molar-refractivity contribution in [3.63, 3.8) is 0 Å². The van der Waals surface area contributed by atoms with Gasteiger partial charge in [0.2, 0.25) is 0 Å². The predicted octanol–water partition coefficient (Wildman–Crippen LogP) is 16.4. The summed E-state index contributed by atoms with van der Waals surface area (Å²) < 4.78 is 14.4. The summed E-state index contributed by atoms with van der Waals surface area (Å²) in [7, 11) is 0. The zero-order valence-corrected chi connectivity index (χ0v) is 38.6. The summed E-state index contributed by atoms with van der Waals surface area (Å²) in [5.41, 5.74) is 23.2. The second-order valence-corrected chi connectivity index (χ2v) is 19.8. The molecule has 2 spiro atoms. The Morgan fingerprint density at radius 1 is 0.380 bits per heavy atom. The van der Waals surface area contributed by atoms with Crippen LogP contribution in [0, 0.1) is 5.92 Å². The molecule has 0 amide bonds. The topological polar surface area (TPSA) is 21.7 Å². The van der Waals surface area contributed by atoms with Crippen LogP contribution in [0.2, 0.25) is 0 Å².